The van der Waals surface area contributed by atoms with Crippen LogP contribution in [0.5, 0.6) is 0 Å². The van der Waals surface area contributed by atoms with Gasteiger partial charge >= 0.3 is 0 Å². The van der Waals surface area contributed by atoms with Crippen LogP contribution in [0.4, 0.5) is 0 Å². The first-order valence-electron chi connectivity index (χ1n) is 8.16. The lowest BCUT2D eigenvalue weighted by molar-refractivity contribution is 0.0546. The van der Waals surface area contributed by atoms with Crippen molar-refractivity contribution in [3.05, 3.63) is 35.9 Å². The standard InChI is InChI=1S/C18H31N3/c1-15(17(19)16-8-6-5-7-9-16)14-20-10-12-21(13-11-20)18(2,3)4/h5-9,15,17H,10-14,19H2,1-4H3. The van der Waals surface area contributed by atoms with E-state index >= 15 is 0 Å². The van der Waals surface area contributed by atoms with Gasteiger partial charge in [0, 0.05) is 44.3 Å². The Balaban J connectivity index is 1.83. The maximum atomic E-state index is 6.42. The summed E-state index contributed by atoms with van der Waals surface area (Å²) in [6.07, 6.45) is 0. The summed E-state index contributed by atoms with van der Waals surface area (Å²) in [5.41, 5.74) is 7.95. The third-order valence-electron chi connectivity index (χ3n) is 4.66. The fourth-order valence-electron chi connectivity index (χ4n) is 3.13. The van der Waals surface area contributed by atoms with E-state index < -0.39 is 0 Å². The zero-order valence-corrected chi connectivity index (χ0v) is 14.0. The lowest BCUT2D eigenvalue weighted by atomic mass is 9.94. The third kappa shape index (κ3) is 4.53. The molecular formula is C18H31N3. The summed E-state index contributed by atoms with van der Waals surface area (Å²) in [6, 6.07) is 10.6. The number of nitrogens with zero attached hydrogens (tertiary/aromatic N) is 2. The van der Waals surface area contributed by atoms with Gasteiger partial charge in [0.2, 0.25) is 0 Å². The minimum Gasteiger partial charge on any atom is -0.324 e. The molecule has 0 bridgehead atoms. The van der Waals surface area contributed by atoms with Crippen molar-refractivity contribution in [2.45, 2.75) is 39.3 Å². The van der Waals surface area contributed by atoms with Gasteiger partial charge in [0.25, 0.3) is 0 Å². The molecule has 1 aliphatic heterocycles. The van der Waals surface area contributed by atoms with E-state index in [0.717, 1.165) is 32.7 Å². The Bertz CT molecular complexity index is 416. The molecular weight excluding hydrogens is 258 g/mol. The van der Waals surface area contributed by atoms with Crippen molar-refractivity contribution < 1.29 is 0 Å². The second kappa shape index (κ2) is 6.91. The molecule has 0 amide bonds. The van der Waals surface area contributed by atoms with Crippen LogP contribution in [-0.4, -0.2) is 48.1 Å². The summed E-state index contributed by atoms with van der Waals surface area (Å²) in [4.78, 5) is 5.14. The molecule has 1 aliphatic rings. The molecule has 2 N–H and O–H groups in total. The maximum Gasteiger partial charge on any atom is 0.0333 e. The molecule has 2 unspecified atom stereocenters. The van der Waals surface area contributed by atoms with Gasteiger partial charge < -0.3 is 10.6 Å². The van der Waals surface area contributed by atoms with Gasteiger partial charge in [-0.25, -0.2) is 0 Å². The predicted molar refractivity (Wildman–Crippen MR) is 90.3 cm³/mol. The Morgan fingerprint density at radius 1 is 1.05 bits per heavy atom. The smallest absolute Gasteiger partial charge is 0.0333 e. The zero-order chi connectivity index (χ0) is 15.5. The molecule has 2 rings (SSSR count). The van der Waals surface area contributed by atoms with Crippen molar-refractivity contribution in [1.82, 2.24) is 9.80 Å². The second-order valence-electron chi connectivity index (χ2n) is 7.37. The van der Waals surface area contributed by atoms with E-state index in [1.807, 2.05) is 6.07 Å². The van der Waals surface area contributed by atoms with Crippen LogP contribution in [0.15, 0.2) is 30.3 Å². The summed E-state index contributed by atoms with van der Waals surface area (Å²) < 4.78 is 0. The van der Waals surface area contributed by atoms with Gasteiger partial charge in [-0.3, -0.25) is 4.90 Å². The van der Waals surface area contributed by atoms with Gasteiger partial charge in [0.05, 0.1) is 0 Å². The molecule has 21 heavy (non-hydrogen) atoms. The van der Waals surface area contributed by atoms with Crippen LogP contribution in [0.2, 0.25) is 0 Å². The van der Waals surface area contributed by atoms with Crippen molar-refractivity contribution in [1.29, 1.82) is 0 Å². The summed E-state index contributed by atoms with van der Waals surface area (Å²) >= 11 is 0. The Kier molecular flexibility index (Phi) is 5.42. The molecule has 1 aromatic rings. The molecule has 0 aliphatic carbocycles. The maximum absolute atomic E-state index is 6.42. The van der Waals surface area contributed by atoms with Gasteiger partial charge in [0.15, 0.2) is 0 Å². The fraction of sp³-hybridized carbons (Fsp3) is 0.667. The Labute approximate surface area is 130 Å². The average molecular weight is 289 g/mol. The number of benzene rings is 1. The molecule has 0 radical (unpaired) electrons. The van der Waals surface area contributed by atoms with E-state index in [9.17, 15) is 0 Å². The number of rotatable bonds is 4. The topological polar surface area (TPSA) is 32.5 Å². The summed E-state index contributed by atoms with van der Waals surface area (Å²) in [6.45, 7) is 14.9. The van der Waals surface area contributed by atoms with Crippen LogP contribution < -0.4 is 5.73 Å². The van der Waals surface area contributed by atoms with Crippen LogP contribution in [0.25, 0.3) is 0 Å². The molecule has 1 fully saturated rings. The van der Waals surface area contributed by atoms with E-state index in [4.69, 9.17) is 5.73 Å². The number of piperazine rings is 1. The number of hydrogen-bond acceptors (Lipinski definition) is 3. The molecule has 1 aromatic carbocycles. The highest BCUT2D eigenvalue weighted by Crippen LogP contribution is 2.21. The lowest BCUT2D eigenvalue weighted by Gasteiger charge is -2.43. The zero-order valence-electron chi connectivity index (χ0n) is 14.0. The molecule has 3 heteroatoms. The van der Waals surface area contributed by atoms with E-state index in [1.165, 1.54) is 5.56 Å². The average Bonchev–Trinajstić information content (AvgIpc) is 2.47. The monoisotopic (exact) mass is 289 g/mol. The lowest BCUT2D eigenvalue weighted by Crippen LogP contribution is -2.54. The third-order valence-corrected chi connectivity index (χ3v) is 4.66. The van der Waals surface area contributed by atoms with Crippen molar-refractivity contribution >= 4 is 0 Å². The Hall–Kier alpha value is -0.900. The minimum atomic E-state index is 0.131. The first-order valence-corrected chi connectivity index (χ1v) is 8.16. The molecule has 0 aromatic heterocycles. The molecule has 118 valence electrons. The van der Waals surface area contributed by atoms with Crippen LogP contribution in [0.1, 0.15) is 39.3 Å². The minimum absolute atomic E-state index is 0.131. The van der Waals surface area contributed by atoms with E-state index in [1.54, 1.807) is 0 Å². The van der Waals surface area contributed by atoms with Crippen LogP contribution in [0, 0.1) is 5.92 Å². The highest BCUT2D eigenvalue weighted by Gasteiger charge is 2.27. The van der Waals surface area contributed by atoms with Crippen molar-refractivity contribution in [3.63, 3.8) is 0 Å². The van der Waals surface area contributed by atoms with Gasteiger partial charge in [-0.15, -0.1) is 0 Å². The molecule has 3 nitrogen and oxygen atoms in total. The Morgan fingerprint density at radius 2 is 1.62 bits per heavy atom. The molecule has 0 saturated carbocycles. The second-order valence-corrected chi connectivity index (χ2v) is 7.37. The normalized spacial score (nSPS) is 21.2. The fourth-order valence-corrected chi connectivity index (χ4v) is 3.13. The number of nitrogens with two attached hydrogens (primary N) is 1. The highest BCUT2D eigenvalue weighted by molar-refractivity contribution is 5.19. The van der Waals surface area contributed by atoms with E-state index in [-0.39, 0.29) is 11.6 Å². The van der Waals surface area contributed by atoms with Gasteiger partial charge in [-0.1, -0.05) is 37.3 Å². The van der Waals surface area contributed by atoms with Crippen molar-refractivity contribution in [2.75, 3.05) is 32.7 Å². The van der Waals surface area contributed by atoms with Crippen molar-refractivity contribution in [3.8, 4) is 0 Å². The van der Waals surface area contributed by atoms with Crippen LogP contribution >= 0.6 is 0 Å². The first-order chi connectivity index (χ1) is 9.88. The van der Waals surface area contributed by atoms with Gasteiger partial charge in [-0.05, 0) is 32.3 Å². The van der Waals surface area contributed by atoms with Crippen LogP contribution in [0.3, 0.4) is 0 Å². The van der Waals surface area contributed by atoms with Gasteiger partial charge in [0.1, 0.15) is 0 Å². The summed E-state index contributed by atoms with van der Waals surface area (Å²) in [7, 11) is 0. The van der Waals surface area contributed by atoms with Gasteiger partial charge in [-0.2, -0.15) is 0 Å². The molecule has 1 heterocycles. The van der Waals surface area contributed by atoms with Crippen molar-refractivity contribution in [2.24, 2.45) is 11.7 Å². The first kappa shape index (κ1) is 16.5. The molecule has 1 saturated heterocycles. The predicted octanol–water partition coefficient (Wildman–Crippen LogP) is 2.74. The quantitative estimate of drug-likeness (QED) is 0.925. The highest BCUT2D eigenvalue weighted by atomic mass is 15.3. The molecule has 2 atom stereocenters. The van der Waals surface area contributed by atoms with E-state index in [0.29, 0.717) is 5.92 Å². The Morgan fingerprint density at radius 3 is 2.14 bits per heavy atom. The molecule has 0 spiro atoms. The largest absolute Gasteiger partial charge is 0.324 e. The number of hydrogen-bond donors (Lipinski definition) is 1. The van der Waals surface area contributed by atoms with Crippen LogP contribution in [-0.2, 0) is 0 Å². The SMILES string of the molecule is CC(CN1CCN(C(C)(C)C)CC1)C(N)c1ccccc1. The van der Waals surface area contributed by atoms with E-state index in [2.05, 4.69) is 61.8 Å². The summed E-state index contributed by atoms with van der Waals surface area (Å²) in [5.74, 6) is 0.480. The summed E-state index contributed by atoms with van der Waals surface area (Å²) in [5, 5.41) is 0.